The van der Waals surface area contributed by atoms with Crippen LogP contribution in [0.4, 0.5) is 0 Å². The van der Waals surface area contributed by atoms with Crippen molar-refractivity contribution < 1.29 is 18.9 Å². The molecule has 0 aliphatic rings. The monoisotopic (exact) mass is 319 g/mol. The standard InChI is InChI=1S/C16H21N3O4/c1-5-7-14(16(20)19(3)21-4)22-13-9-6-8-12(10-13)15-17-11(2)23-18-15/h6,8-10,14H,5,7H2,1-4H3. The van der Waals surface area contributed by atoms with Gasteiger partial charge in [0.15, 0.2) is 6.10 Å². The van der Waals surface area contributed by atoms with E-state index >= 15 is 0 Å². The van der Waals surface area contributed by atoms with Gasteiger partial charge in [-0.3, -0.25) is 9.63 Å². The van der Waals surface area contributed by atoms with Crippen molar-refractivity contribution in [2.75, 3.05) is 14.2 Å². The van der Waals surface area contributed by atoms with E-state index < -0.39 is 6.10 Å². The average molecular weight is 319 g/mol. The highest BCUT2D eigenvalue weighted by atomic mass is 16.7. The molecule has 0 fully saturated rings. The van der Waals surface area contributed by atoms with Crippen molar-refractivity contribution in [3.05, 3.63) is 30.2 Å². The Morgan fingerprint density at radius 3 is 2.83 bits per heavy atom. The number of carbonyl (C=O) groups excluding carboxylic acids is 1. The Bertz CT molecular complexity index is 656. The molecule has 0 radical (unpaired) electrons. The highest BCUT2D eigenvalue weighted by molar-refractivity contribution is 5.80. The quantitative estimate of drug-likeness (QED) is 0.730. The molecule has 2 rings (SSSR count). The van der Waals surface area contributed by atoms with Crippen molar-refractivity contribution in [1.29, 1.82) is 0 Å². The summed E-state index contributed by atoms with van der Waals surface area (Å²) in [7, 11) is 3.01. The van der Waals surface area contributed by atoms with Gasteiger partial charge in [0.25, 0.3) is 5.91 Å². The molecule has 1 unspecified atom stereocenters. The number of aryl methyl sites for hydroxylation is 1. The van der Waals surface area contributed by atoms with Gasteiger partial charge in [-0.2, -0.15) is 4.98 Å². The Morgan fingerprint density at radius 1 is 1.43 bits per heavy atom. The largest absolute Gasteiger partial charge is 0.480 e. The maximum Gasteiger partial charge on any atom is 0.286 e. The summed E-state index contributed by atoms with van der Waals surface area (Å²) in [5.74, 6) is 1.32. The smallest absolute Gasteiger partial charge is 0.286 e. The third-order valence-electron chi connectivity index (χ3n) is 3.31. The van der Waals surface area contributed by atoms with Crippen molar-refractivity contribution in [3.63, 3.8) is 0 Å². The van der Waals surface area contributed by atoms with E-state index in [0.29, 0.717) is 23.9 Å². The van der Waals surface area contributed by atoms with Crippen LogP contribution in [0.3, 0.4) is 0 Å². The molecule has 0 saturated carbocycles. The van der Waals surface area contributed by atoms with Crippen LogP contribution in [0.1, 0.15) is 25.7 Å². The van der Waals surface area contributed by atoms with Crippen molar-refractivity contribution in [1.82, 2.24) is 15.2 Å². The number of nitrogens with zero attached hydrogens (tertiary/aromatic N) is 3. The second-order valence-corrected chi connectivity index (χ2v) is 5.08. The van der Waals surface area contributed by atoms with E-state index in [9.17, 15) is 4.79 Å². The second-order valence-electron chi connectivity index (χ2n) is 5.08. The predicted octanol–water partition coefficient (Wildman–Crippen LogP) is 2.61. The summed E-state index contributed by atoms with van der Waals surface area (Å²) in [5.41, 5.74) is 0.766. The summed E-state index contributed by atoms with van der Waals surface area (Å²) in [6.45, 7) is 3.72. The van der Waals surface area contributed by atoms with Crippen molar-refractivity contribution in [2.24, 2.45) is 0 Å². The molecule has 0 N–H and O–H groups in total. The van der Waals surface area contributed by atoms with Gasteiger partial charge in [0.1, 0.15) is 5.75 Å². The number of hydrogen-bond acceptors (Lipinski definition) is 6. The Labute approximate surface area is 135 Å². The number of hydrogen-bond donors (Lipinski definition) is 0. The molecule has 0 saturated heterocycles. The van der Waals surface area contributed by atoms with Crippen LogP contribution in [-0.2, 0) is 9.63 Å². The first-order valence-corrected chi connectivity index (χ1v) is 7.44. The molecule has 1 amide bonds. The maximum atomic E-state index is 12.3. The molecule has 0 aliphatic carbocycles. The van der Waals surface area contributed by atoms with Gasteiger partial charge in [-0.15, -0.1) is 0 Å². The molecule has 1 aromatic carbocycles. The maximum absolute atomic E-state index is 12.3. The van der Waals surface area contributed by atoms with Crippen LogP contribution in [0.15, 0.2) is 28.8 Å². The summed E-state index contributed by atoms with van der Waals surface area (Å²) in [5, 5.41) is 5.06. The number of ether oxygens (including phenoxy) is 1. The molecule has 0 bridgehead atoms. The fraction of sp³-hybridized carbons (Fsp3) is 0.438. The van der Waals surface area contributed by atoms with Gasteiger partial charge in [0.05, 0.1) is 7.11 Å². The molecule has 7 heteroatoms. The Hall–Kier alpha value is -2.41. The first kappa shape index (κ1) is 17.0. The van der Waals surface area contributed by atoms with Crippen molar-refractivity contribution in [2.45, 2.75) is 32.8 Å². The van der Waals surface area contributed by atoms with Crippen molar-refractivity contribution >= 4 is 5.91 Å². The molecule has 0 spiro atoms. The molecule has 2 aromatic rings. The van der Waals surface area contributed by atoms with E-state index in [2.05, 4.69) is 10.1 Å². The highest BCUT2D eigenvalue weighted by Crippen LogP contribution is 2.23. The Balaban J connectivity index is 2.18. The van der Waals surface area contributed by atoms with Gasteiger partial charge >= 0.3 is 0 Å². The summed E-state index contributed by atoms with van der Waals surface area (Å²) >= 11 is 0. The number of carbonyl (C=O) groups is 1. The molecule has 1 aromatic heterocycles. The lowest BCUT2D eigenvalue weighted by molar-refractivity contribution is -0.176. The van der Waals surface area contributed by atoms with Crippen LogP contribution in [0.2, 0.25) is 0 Å². The SMILES string of the molecule is CCCC(Oc1cccc(-c2noc(C)n2)c1)C(=O)N(C)OC. The number of amides is 1. The van der Waals surface area contributed by atoms with E-state index in [1.54, 1.807) is 26.1 Å². The first-order chi connectivity index (χ1) is 11.0. The first-order valence-electron chi connectivity index (χ1n) is 7.44. The van der Waals surface area contributed by atoms with Crippen molar-refractivity contribution in [3.8, 4) is 17.1 Å². The lowest BCUT2D eigenvalue weighted by Crippen LogP contribution is -2.39. The number of rotatable bonds is 7. The highest BCUT2D eigenvalue weighted by Gasteiger charge is 2.23. The second kappa shape index (κ2) is 7.73. The molecule has 1 heterocycles. The third kappa shape index (κ3) is 4.29. The van der Waals surface area contributed by atoms with Gasteiger partial charge in [0.2, 0.25) is 11.7 Å². The van der Waals surface area contributed by atoms with E-state index in [4.69, 9.17) is 14.1 Å². The van der Waals surface area contributed by atoms with Gasteiger partial charge < -0.3 is 9.26 Å². The molecule has 0 aliphatic heterocycles. The number of benzene rings is 1. The van der Waals surface area contributed by atoms with Gasteiger partial charge in [-0.05, 0) is 18.6 Å². The minimum absolute atomic E-state index is 0.227. The fourth-order valence-electron chi connectivity index (χ4n) is 2.08. The van der Waals surface area contributed by atoms with Gasteiger partial charge in [0, 0.05) is 19.5 Å². The third-order valence-corrected chi connectivity index (χ3v) is 3.31. The topological polar surface area (TPSA) is 77.7 Å². The van der Waals surface area contributed by atoms with E-state index in [-0.39, 0.29) is 5.91 Å². The lowest BCUT2D eigenvalue weighted by atomic mass is 10.1. The summed E-state index contributed by atoms with van der Waals surface area (Å²) in [4.78, 5) is 21.4. The molecular formula is C16H21N3O4. The minimum Gasteiger partial charge on any atom is -0.480 e. The summed E-state index contributed by atoms with van der Waals surface area (Å²) in [6.07, 6.45) is 0.808. The molecule has 23 heavy (non-hydrogen) atoms. The Morgan fingerprint density at radius 2 is 2.22 bits per heavy atom. The van der Waals surface area contributed by atoms with Crippen LogP contribution in [0.25, 0.3) is 11.4 Å². The average Bonchev–Trinajstić information content (AvgIpc) is 3.00. The summed E-state index contributed by atoms with van der Waals surface area (Å²) in [6, 6.07) is 7.26. The van der Waals surface area contributed by atoms with Crippen LogP contribution >= 0.6 is 0 Å². The number of aromatic nitrogens is 2. The zero-order chi connectivity index (χ0) is 16.8. The zero-order valence-corrected chi connectivity index (χ0v) is 13.8. The number of hydroxylamine groups is 2. The van der Waals surface area contributed by atoms with Crippen LogP contribution < -0.4 is 4.74 Å². The van der Waals surface area contributed by atoms with E-state index in [0.717, 1.165) is 12.0 Å². The van der Waals surface area contributed by atoms with Crippen LogP contribution in [0, 0.1) is 6.92 Å². The van der Waals surface area contributed by atoms with Gasteiger partial charge in [-0.25, -0.2) is 5.06 Å². The predicted molar refractivity (Wildman–Crippen MR) is 83.6 cm³/mol. The lowest BCUT2D eigenvalue weighted by Gasteiger charge is -2.22. The molecule has 7 nitrogen and oxygen atoms in total. The van der Waals surface area contributed by atoms with Crippen LogP contribution in [0.5, 0.6) is 5.75 Å². The normalized spacial score (nSPS) is 12.0. The fourth-order valence-corrected chi connectivity index (χ4v) is 2.08. The molecule has 124 valence electrons. The minimum atomic E-state index is -0.604. The Kier molecular flexibility index (Phi) is 5.70. The molecular weight excluding hydrogens is 298 g/mol. The van der Waals surface area contributed by atoms with Crippen LogP contribution in [-0.4, -0.2) is 41.4 Å². The summed E-state index contributed by atoms with van der Waals surface area (Å²) < 4.78 is 10.8. The van der Waals surface area contributed by atoms with Gasteiger partial charge in [-0.1, -0.05) is 30.6 Å². The van der Waals surface area contributed by atoms with E-state index in [1.807, 2.05) is 19.1 Å². The molecule has 1 atom stereocenters. The van der Waals surface area contributed by atoms with E-state index in [1.165, 1.54) is 12.2 Å². The number of likely N-dealkylation sites (N-methyl/N-ethyl adjacent to an activating group) is 1. The zero-order valence-electron chi connectivity index (χ0n) is 13.8.